The molecule has 0 aliphatic carbocycles. The Morgan fingerprint density at radius 2 is 2.17 bits per heavy atom. The summed E-state index contributed by atoms with van der Waals surface area (Å²) in [7, 11) is 0. The van der Waals surface area contributed by atoms with Gasteiger partial charge >= 0.3 is 0 Å². The van der Waals surface area contributed by atoms with E-state index in [0.29, 0.717) is 12.8 Å². The quantitative estimate of drug-likeness (QED) is 0.460. The van der Waals surface area contributed by atoms with Gasteiger partial charge in [0, 0.05) is 19.1 Å². The molecule has 1 aromatic carbocycles. The van der Waals surface area contributed by atoms with Crippen molar-refractivity contribution < 1.29 is 14.8 Å². The number of nitro benzene ring substituents is 1. The summed E-state index contributed by atoms with van der Waals surface area (Å²) in [5.41, 5.74) is 0.866. The molecule has 0 aliphatic rings. The Morgan fingerprint density at radius 3 is 2.78 bits per heavy atom. The molecule has 0 aromatic heterocycles. The van der Waals surface area contributed by atoms with E-state index in [9.17, 15) is 14.9 Å². The molecule has 0 fully saturated rings. The standard InChI is InChI=1S/C12H16N2O4/c1-9-5-6-10(11(8-9)14(17)18)13-12(16)4-2-3-7-15/h5-6,8,15H,2-4,7H2,1H3,(H,13,16). The summed E-state index contributed by atoms with van der Waals surface area (Å²) >= 11 is 0. The van der Waals surface area contributed by atoms with Crippen LogP contribution < -0.4 is 5.32 Å². The molecule has 0 saturated carbocycles. The van der Waals surface area contributed by atoms with Gasteiger partial charge in [0.25, 0.3) is 5.69 Å². The van der Waals surface area contributed by atoms with Crippen molar-refractivity contribution in [2.45, 2.75) is 26.2 Å². The van der Waals surface area contributed by atoms with Crippen LogP contribution in [0.1, 0.15) is 24.8 Å². The second kappa shape index (κ2) is 6.70. The summed E-state index contributed by atoms with van der Waals surface area (Å²) in [4.78, 5) is 21.9. The number of aryl methyl sites for hydroxylation is 1. The third-order valence-corrected chi connectivity index (χ3v) is 2.44. The lowest BCUT2D eigenvalue weighted by atomic mass is 10.2. The van der Waals surface area contributed by atoms with Gasteiger partial charge in [-0.3, -0.25) is 14.9 Å². The normalized spacial score (nSPS) is 10.1. The summed E-state index contributed by atoms with van der Waals surface area (Å²) in [6, 6.07) is 4.65. The van der Waals surface area contributed by atoms with E-state index in [0.717, 1.165) is 5.56 Å². The highest BCUT2D eigenvalue weighted by molar-refractivity contribution is 5.93. The van der Waals surface area contributed by atoms with Gasteiger partial charge in [-0.05, 0) is 31.4 Å². The number of aliphatic hydroxyl groups excluding tert-OH is 1. The molecular weight excluding hydrogens is 236 g/mol. The van der Waals surface area contributed by atoms with Gasteiger partial charge in [-0.15, -0.1) is 0 Å². The number of nitro groups is 1. The largest absolute Gasteiger partial charge is 0.396 e. The summed E-state index contributed by atoms with van der Waals surface area (Å²) in [5.74, 6) is -0.282. The third kappa shape index (κ3) is 4.14. The smallest absolute Gasteiger partial charge is 0.293 e. The van der Waals surface area contributed by atoms with E-state index >= 15 is 0 Å². The highest BCUT2D eigenvalue weighted by Crippen LogP contribution is 2.25. The summed E-state index contributed by atoms with van der Waals surface area (Å²) in [5, 5.41) is 21.9. The first-order chi connectivity index (χ1) is 8.54. The Bertz CT molecular complexity index is 446. The second-order valence-corrected chi connectivity index (χ2v) is 4.01. The number of anilines is 1. The predicted molar refractivity (Wildman–Crippen MR) is 67.4 cm³/mol. The highest BCUT2D eigenvalue weighted by Gasteiger charge is 2.15. The topological polar surface area (TPSA) is 92.5 Å². The Labute approximate surface area is 105 Å². The molecule has 98 valence electrons. The number of hydrogen-bond acceptors (Lipinski definition) is 4. The molecule has 0 bridgehead atoms. The van der Waals surface area contributed by atoms with Gasteiger partial charge in [-0.2, -0.15) is 0 Å². The fraction of sp³-hybridized carbons (Fsp3) is 0.417. The van der Waals surface area contributed by atoms with Crippen LogP contribution in [0.2, 0.25) is 0 Å². The van der Waals surface area contributed by atoms with E-state index in [2.05, 4.69) is 5.32 Å². The molecule has 0 spiro atoms. The Morgan fingerprint density at radius 1 is 1.44 bits per heavy atom. The van der Waals surface area contributed by atoms with Crippen LogP contribution in [-0.4, -0.2) is 22.5 Å². The molecule has 1 aromatic rings. The molecule has 0 unspecified atom stereocenters. The molecule has 6 heteroatoms. The number of carbonyl (C=O) groups excluding carboxylic acids is 1. The first-order valence-corrected chi connectivity index (χ1v) is 5.70. The van der Waals surface area contributed by atoms with Gasteiger partial charge in [0.1, 0.15) is 5.69 Å². The molecule has 0 aliphatic heterocycles. The first kappa shape index (κ1) is 14.1. The van der Waals surface area contributed by atoms with Gasteiger partial charge in [0.05, 0.1) is 4.92 Å². The van der Waals surface area contributed by atoms with Crippen LogP contribution in [0.15, 0.2) is 18.2 Å². The molecule has 18 heavy (non-hydrogen) atoms. The Hall–Kier alpha value is -1.95. The number of nitrogens with zero attached hydrogens (tertiary/aromatic N) is 1. The first-order valence-electron chi connectivity index (χ1n) is 5.70. The van der Waals surface area contributed by atoms with Crippen LogP contribution in [0, 0.1) is 17.0 Å². The van der Waals surface area contributed by atoms with E-state index in [-0.39, 0.29) is 30.3 Å². The highest BCUT2D eigenvalue weighted by atomic mass is 16.6. The van der Waals surface area contributed by atoms with Crippen molar-refractivity contribution in [2.75, 3.05) is 11.9 Å². The summed E-state index contributed by atoms with van der Waals surface area (Å²) < 4.78 is 0. The molecule has 1 amide bonds. The van der Waals surface area contributed by atoms with Gasteiger partial charge in [0.2, 0.25) is 5.91 Å². The maximum atomic E-state index is 11.5. The van der Waals surface area contributed by atoms with E-state index in [1.54, 1.807) is 13.0 Å². The molecular formula is C12H16N2O4. The molecule has 0 atom stereocenters. The average Bonchev–Trinajstić information content (AvgIpc) is 2.31. The lowest BCUT2D eigenvalue weighted by Crippen LogP contribution is -2.12. The van der Waals surface area contributed by atoms with Crippen LogP contribution in [0.5, 0.6) is 0 Å². The number of aliphatic hydroxyl groups is 1. The monoisotopic (exact) mass is 252 g/mol. The van der Waals surface area contributed by atoms with Crippen LogP contribution in [0.4, 0.5) is 11.4 Å². The minimum atomic E-state index is -0.518. The van der Waals surface area contributed by atoms with Crippen LogP contribution in [0.3, 0.4) is 0 Å². The maximum absolute atomic E-state index is 11.5. The number of hydrogen-bond donors (Lipinski definition) is 2. The van der Waals surface area contributed by atoms with Crippen molar-refractivity contribution in [3.63, 3.8) is 0 Å². The second-order valence-electron chi connectivity index (χ2n) is 4.01. The lowest BCUT2D eigenvalue weighted by molar-refractivity contribution is -0.384. The van der Waals surface area contributed by atoms with Gasteiger partial charge in [-0.1, -0.05) is 6.07 Å². The maximum Gasteiger partial charge on any atom is 0.293 e. The molecule has 0 saturated heterocycles. The zero-order valence-corrected chi connectivity index (χ0v) is 10.2. The van der Waals surface area contributed by atoms with Crippen molar-refractivity contribution in [2.24, 2.45) is 0 Å². The van der Waals surface area contributed by atoms with Crippen molar-refractivity contribution in [1.29, 1.82) is 0 Å². The molecule has 6 nitrogen and oxygen atoms in total. The third-order valence-electron chi connectivity index (χ3n) is 2.44. The number of amides is 1. The number of unbranched alkanes of at least 4 members (excludes halogenated alkanes) is 1. The van der Waals surface area contributed by atoms with Crippen LogP contribution in [-0.2, 0) is 4.79 Å². The van der Waals surface area contributed by atoms with Crippen molar-refractivity contribution in [1.82, 2.24) is 0 Å². The minimum absolute atomic E-state index is 0.0396. The molecule has 2 N–H and O–H groups in total. The summed E-state index contributed by atoms with van der Waals surface area (Å²) in [6.45, 7) is 1.79. The van der Waals surface area contributed by atoms with Crippen LogP contribution in [0.25, 0.3) is 0 Å². The fourth-order valence-corrected chi connectivity index (χ4v) is 1.51. The summed E-state index contributed by atoms with van der Waals surface area (Å²) in [6.07, 6.45) is 1.34. The van der Waals surface area contributed by atoms with E-state index in [4.69, 9.17) is 5.11 Å². The molecule has 1 rings (SSSR count). The van der Waals surface area contributed by atoms with Crippen molar-refractivity contribution in [3.05, 3.63) is 33.9 Å². The fourth-order valence-electron chi connectivity index (χ4n) is 1.51. The minimum Gasteiger partial charge on any atom is -0.396 e. The number of rotatable bonds is 6. The van der Waals surface area contributed by atoms with Gasteiger partial charge in [0.15, 0.2) is 0 Å². The zero-order valence-electron chi connectivity index (χ0n) is 10.2. The Balaban J connectivity index is 2.72. The van der Waals surface area contributed by atoms with Gasteiger partial charge in [-0.25, -0.2) is 0 Å². The molecule has 0 heterocycles. The van der Waals surface area contributed by atoms with Crippen molar-refractivity contribution >= 4 is 17.3 Å². The lowest BCUT2D eigenvalue weighted by Gasteiger charge is -2.06. The van der Waals surface area contributed by atoms with Gasteiger partial charge < -0.3 is 10.4 Å². The number of carbonyl (C=O) groups is 1. The zero-order chi connectivity index (χ0) is 13.5. The van der Waals surface area contributed by atoms with Crippen molar-refractivity contribution in [3.8, 4) is 0 Å². The Kier molecular flexibility index (Phi) is 5.26. The van der Waals surface area contributed by atoms with E-state index in [1.807, 2.05) is 0 Å². The number of nitrogens with one attached hydrogen (secondary N) is 1. The van der Waals surface area contributed by atoms with Crippen LogP contribution >= 0.6 is 0 Å². The predicted octanol–water partition coefficient (Wildman–Crippen LogP) is 2.00. The number of benzene rings is 1. The van der Waals surface area contributed by atoms with E-state index in [1.165, 1.54) is 12.1 Å². The average molecular weight is 252 g/mol. The SMILES string of the molecule is Cc1ccc(NC(=O)CCCCO)c([N+](=O)[O-])c1. The molecule has 0 radical (unpaired) electrons. The van der Waals surface area contributed by atoms with E-state index < -0.39 is 4.92 Å².